The zero-order valence-electron chi connectivity index (χ0n) is 28.9. The Kier molecular flexibility index (Phi) is 11.0. The molecule has 0 amide bonds. The third-order valence-corrected chi connectivity index (χ3v) is 11.5. The van der Waals surface area contributed by atoms with Crippen LogP contribution < -0.4 is 14.9 Å². The van der Waals surface area contributed by atoms with Gasteiger partial charge in [-0.25, -0.2) is 27.2 Å². The van der Waals surface area contributed by atoms with Gasteiger partial charge < -0.3 is 10.2 Å². The first-order valence-corrected chi connectivity index (χ1v) is 19.6. The van der Waals surface area contributed by atoms with Gasteiger partial charge in [-0.05, 0) is 47.0 Å². The quantitative estimate of drug-likeness (QED) is 0.0519. The Labute approximate surface area is 315 Å². The maximum atomic E-state index is 16.1. The van der Waals surface area contributed by atoms with E-state index in [2.05, 4.69) is 49.2 Å². The van der Waals surface area contributed by atoms with Crippen molar-refractivity contribution in [3.63, 3.8) is 0 Å². The Morgan fingerprint density at radius 2 is 1.56 bits per heavy atom. The number of piperazine rings is 1. The lowest BCUT2D eigenvalue weighted by atomic mass is 9.99. The Balaban J connectivity index is 1.05. The molecule has 7 rings (SSSR count). The lowest BCUT2D eigenvalue weighted by molar-refractivity contribution is -0.384. The molecule has 1 aromatic heterocycles. The van der Waals surface area contributed by atoms with Crippen molar-refractivity contribution in [1.29, 1.82) is 0 Å². The molecular weight excluding hydrogens is 733 g/mol. The molecule has 0 bridgehead atoms. The number of anilines is 3. The molecule has 0 saturated carbocycles. The topological polar surface area (TPSA) is 134 Å². The number of nitro groups is 1. The maximum Gasteiger partial charge on any atom is 0.293 e. The first-order valence-electron chi connectivity index (χ1n) is 17.1. The normalized spacial score (nSPS) is 13.6. The van der Waals surface area contributed by atoms with Gasteiger partial charge in [-0.3, -0.25) is 19.7 Å². The van der Waals surface area contributed by atoms with Gasteiger partial charge in [0, 0.05) is 61.4 Å². The summed E-state index contributed by atoms with van der Waals surface area (Å²) in [7, 11) is -4.49. The van der Waals surface area contributed by atoms with Crippen LogP contribution in [0, 0.1) is 21.7 Å². The van der Waals surface area contributed by atoms with Crippen LogP contribution in [0.2, 0.25) is 0 Å². The van der Waals surface area contributed by atoms with Crippen LogP contribution in [0.4, 0.5) is 31.7 Å². The number of thioether (sulfide) groups is 1. The van der Waals surface area contributed by atoms with Crippen LogP contribution >= 0.6 is 11.8 Å². The second kappa shape index (κ2) is 16.2. The molecule has 11 nitrogen and oxygen atoms in total. The van der Waals surface area contributed by atoms with E-state index < -0.39 is 37.2 Å². The van der Waals surface area contributed by atoms with E-state index >= 15 is 8.78 Å². The van der Waals surface area contributed by atoms with Crippen LogP contribution in [0.15, 0.2) is 125 Å². The molecule has 1 aliphatic heterocycles. The third kappa shape index (κ3) is 8.12. The van der Waals surface area contributed by atoms with Crippen molar-refractivity contribution < 1.29 is 22.1 Å². The molecular formula is C39H35F2N7O4S2. The highest BCUT2D eigenvalue weighted by atomic mass is 32.2. The molecule has 276 valence electrons. The minimum Gasteiger partial charge on any atom is -0.379 e. The summed E-state index contributed by atoms with van der Waals surface area (Å²) in [6.07, 6.45) is 0.982. The molecule has 1 saturated heterocycles. The Bertz CT molecular complexity index is 2400. The lowest BCUT2D eigenvalue weighted by Crippen LogP contribution is -2.46. The molecule has 2 N–H and O–H groups in total. The summed E-state index contributed by atoms with van der Waals surface area (Å²) in [5, 5.41) is 14.7. The fourth-order valence-corrected chi connectivity index (χ4v) is 8.29. The standard InChI is InChI=1S/C39H35F2N7O4S2/c40-33-24-32-37(36(41)38(33)47-20-18-46(19-21-47)25-28-11-7-8-14-31(28)27-9-3-1-4-10-27)43-26-44-39(32)45-54(51,52)30-15-16-34(35(23-30)48(49)50)42-17-22-53-29-12-5-2-6-13-29/h1-16,23-24,26,42H,17-22,25H2,(H,43,44,45). The summed E-state index contributed by atoms with van der Waals surface area (Å²) in [4.78, 5) is 23.7. The lowest BCUT2D eigenvalue weighted by Gasteiger charge is -2.36. The minimum atomic E-state index is -4.49. The number of rotatable bonds is 13. The SMILES string of the molecule is O=[N+]([O-])c1cc(S(=O)(=O)Nc2ncnc3c(F)c(N4CCN(Cc5ccccc5-c5ccccc5)CC4)c(F)cc23)ccc1NCCSc1ccccc1. The summed E-state index contributed by atoms with van der Waals surface area (Å²) < 4.78 is 61.1. The van der Waals surface area contributed by atoms with Gasteiger partial charge in [-0.15, -0.1) is 11.8 Å². The average molecular weight is 768 g/mol. The van der Waals surface area contributed by atoms with Gasteiger partial charge in [0.25, 0.3) is 15.7 Å². The summed E-state index contributed by atoms with van der Waals surface area (Å²) in [5.74, 6) is -1.59. The molecule has 2 heterocycles. The number of hydrogen-bond acceptors (Lipinski definition) is 10. The van der Waals surface area contributed by atoms with Gasteiger partial charge in [0.05, 0.1) is 9.82 Å². The number of nitrogens with zero attached hydrogens (tertiary/aromatic N) is 5. The van der Waals surface area contributed by atoms with Crippen LogP contribution in [0.1, 0.15) is 5.56 Å². The zero-order chi connectivity index (χ0) is 37.7. The van der Waals surface area contributed by atoms with Crippen LogP contribution in [0.5, 0.6) is 0 Å². The number of sulfonamides is 1. The van der Waals surface area contributed by atoms with Crippen LogP contribution in [-0.4, -0.2) is 66.7 Å². The van der Waals surface area contributed by atoms with E-state index in [1.807, 2.05) is 60.7 Å². The fourth-order valence-electron chi connectivity index (χ4n) is 6.46. The number of hydrogen-bond donors (Lipinski definition) is 2. The Morgan fingerprint density at radius 1 is 0.852 bits per heavy atom. The molecule has 1 aliphatic rings. The average Bonchev–Trinajstić information content (AvgIpc) is 3.18. The third-order valence-electron chi connectivity index (χ3n) is 9.12. The second-order valence-corrected chi connectivity index (χ2v) is 15.4. The minimum absolute atomic E-state index is 0.148. The summed E-state index contributed by atoms with van der Waals surface area (Å²) in [6.45, 7) is 2.88. The molecule has 1 fully saturated rings. The molecule has 0 unspecified atom stereocenters. The molecule has 15 heteroatoms. The first-order chi connectivity index (χ1) is 26.2. The van der Waals surface area contributed by atoms with Crippen LogP contribution in [0.3, 0.4) is 0 Å². The second-order valence-electron chi connectivity index (χ2n) is 12.6. The highest BCUT2D eigenvalue weighted by molar-refractivity contribution is 7.99. The predicted octanol–water partition coefficient (Wildman–Crippen LogP) is 7.81. The van der Waals surface area contributed by atoms with Gasteiger partial charge >= 0.3 is 0 Å². The highest BCUT2D eigenvalue weighted by Crippen LogP contribution is 2.35. The van der Waals surface area contributed by atoms with E-state index in [0.29, 0.717) is 45.0 Å². The zero-order valence-corrected chi connectivity index (χ0v) is 30.5. The van der Waals surface area contributed by atoms with Crippen molar-refractivity contribution in [2.75, 3.05) is 53.4 Å². The molecule has 6 aromatic rings. The smallest absolute Gasteiger partial charge is 0.293 e. The number of nitro benzene ring substituents is 1. The van der Waals surface area contributed by atoms with Gasteiger partial charge in [0.15, 0.2) is 11.6 Å². The highest BCUT2D eigenvalue weighted by Gasteiger charge is 2.28. The summed E-state index contributed by atoms with van der Waals surface area (Å²) in [6, 6.07) is 32.4. The van der Waals surface area contributed by atoms with E-state index in [4.69, 9.17) is 0 Å². The van der Waals surface area contributed by atoms with Crippen molar-refractivity contribution in [1.82, 2.24) is 14.9 Å². The van der Waals surface area contributed by atoms with Crippen molar-refractivity contribution >= 4 is 55.6 Å². The van der Waals surface area contributed by atoms with E-state index in [9.17, 15) is 18.5 Å². The first kappa shape index (κ1) is 36.7. The van der Waals surface area contributed by atoms with Gasteiger partial charge in [-0.1, -0.05) is 72.8 Å². The monoisotopic (exact) mass is 767 g/mol. The molecule has 0 atom stereocenters. The molecule has 0 spiro atoms. The largest absolute Gasteiger partial charge is 0.379 e. The molecule has 0 radical (unpaired) electrons. The summed E-state index contributed by atoms with van der Waals surface area (Å²) in [5.41, 5.74) is 2.59. The van der Waals surface area contributed by atoms with Crippen LogP contribution in [-0.2, 0) is 16.6 Å². The predicted molar refractivity (Wildman–Crippen MR) is 208 cm³/mol. The number of halogens is 2. The number of nitrogens with one attached hydrogen (secondary N) is 2. The Hall–Kier alpha value is -5.64. The number of benzene rings is 5. The van der Waals surface area contributed by atoms with Gasteiger partial charge in [-0.2, -0.15) is 0 Å². The van der Waals surface area contributed by atoms with Crippen molar-refractivity contribution in [3.8, 4) is 11.1 Å². The van der Waals surface area contributed by atoms with Crippen molar-refractivity contribution in [2.24, 2.45) is 0 Å². The summed E-state index contributed by atoms with van der Waals surface area (Å²) >= 11 is 1.57. The van der Waals surface area contributed by atoms with Crippen LogP contribution in [0.25, 0.3) is 22.0 Å². The van der Waals surface area contributed by atoms with Crippen molar-refractivity contribution in [3.05, 3.63) is 143 Å². The van der Waals surface area contributed by atoms with E-state index in [1.165, 1.54) is 12.1 Å². The fraction of sp³-hybridized carbons (Fsp3) is 0.179. The maximum absolute atomic E-state index is 16.1. The Morgan fingerprint density at radius 3 is 2.30 bits per heavy atom. The number of fused-ring (bicyclic) bond motifs is 1. The van der Waals surface area contributed by atoms with Gasteiger partial charge in [0.1, 0.15) is 29.0 Å². The van der Waals surface area contributed by atoms with Crippen molar-refractivity contribution in [2.45, 2.75) is 16.3 Å². The molecule has 0 aliphatic carbocycles. The van der Waals surface area contributed by atoms with E-state index in [1.54, 1.807) is 16.7 Å². The molecule has 54 heavy (non-hydrogen) atoms. The van der Waals surface area contributed by atoms with E-state index in [0.717, 1.165) is 40.0 Å². The van der Waals surface area contributed by atoms with E-state index in [-0.39, 0.29) is 28.1 Å². The van der Waals surface area contributed by atoms with Gasteiger partial charge in [0.2, 0.25) is 0 Å². The number of aromatic nitrogens is 2. The molecule has 5 aromatic carbocycles.